The van der Waals surface area contributed by atoms with E-state index in [0.717, 1.165) is 62.6 Å². The van der Waals surface area contributed by atoms with Crippen molar-refractivity contribution in [3.8, 4) is 17.1 Å². The van der Waals surface area contributed by atoms with E-state index in [4.69, 9.17) is 9.26 Å². The molecule has 0 amide bonds. The molecule has 1 unspecified atom stereocenters. The number of rotatable bonds is 11. The molecule has 0 spiro atoms. The van der Waals surface area contributed by atoms with E-state index in [2.05, 4.69) is 37.6 Å². The Morgan fingerprint density at radius 3 is 2.81 bits per heavy atom. The molecule has 1 aliphatic heterocycles. The quantitative estimate of drug-likeness (QED) is 0.323. The van der Waals surface area contributed by atoms with E-state index in [1.165, 1.54) is 19.4 Å². The number of aliphatic imine (C=N–C) groups is 1. The lowest BCUT2D eigenvalue weighted by Gasteiger charge is -2.23. The molecule has 1 fully saturated rings. The second kappa shape index (κ2) is 12.3. The Labute approximate surface area is 185 Å². The van der Waals surface area contributed by atoms with Crippen molar-refractivity contribution < 1.29 is 9.26 Å². The molecule has 170 valence electrons. The van der Waals surface area contributed by atoms with Gasteiger partial charge in [-0.15, -0.1) is 0 Å². The van der Waals surface area contributed by atoms with E-state index < -0.39 is 0 Å². The summed E-state index contributed by atoms with van der Waals surface area (Å²) in [6.07, 6.45) is 6.55. The Morgan fingerprint density at radius 1 is 1.23 bits per heavy atom. The van der Waals surface area contributed by atoms with Crippen LogP contribution >= 0.6 is 0 Å². The maximum Gasteiger partial charge on any atom is 0.226 e. The van der Waals surface area contributed by atoms with E-state index in [9.17, 15) is 0 Å². The predicted molar refractivity (Wildman–Crippen MR) is 123 cm³/mol. The number of ether oxygens (including phenoxy) is 1. The number of nitrogens with one attached hydrogen (secondary N) is 2. The predicted octanol–water partition coefficient (Wildman–Crippen LogP) is 3.11. The smallest absolute Gasteiger partial charge is 0.226 e. The van der Waals surface area contributed by atoms with Crippen LogP contribution in [0.1, 0.15) is 44.9 Å². The zero-order valence-corrected chi connectivity index (χ0v) is 19.1. The highest BCUT2D eigenvalue weighted by molar-refractivity contribution is 5.79. The fraction of sp³-hybridized carbons (Fsp3) is 0.609. The number of hydrogen-bond acceptors (Lipinski definition) is 6. The van der Waals surface area contributed by atoms with Gasteiger partial charge in [0.05, 0.1) is 7.11 Å². The van der Waals surface area contributed by atoms with Crippen LogP contribution < -0.4 is 15.4 Å². The van der Waals surface area contributed by atoms with Crippen molar-refractivity contribution in [1.82, 2.24) is 25.7 Å². The largest absolute Gasteiger partial charge is 0.497 e. The summed E-state index contributed by atoms with van der Waals surface area (Å²) in [6, 6.07) is 8.29. The van der Waals surface area contributed by atoms with E-state index in [1.807, 2.05) is 31.3 Å². The molecule has 2 aromatic rings. The number of guanidine groups is 1. The third kappa shape index (κ3) is 6.95. The molecular formula is C23H36N6O2. The average Bonchev–Trinajstić information content (AvgIpc) is 3.47. The Kier molecular flexibility index (Phi) is 9.15. The molecule has 0 bridgehead atoms. The molecule has 0 aliphatic carbocycles. The molecular weight excluding hydrogens is 392 g/mol. The highest BCUT2D eigenvalue weighted by Crippen LogP contribution is 2.20. The Morgan fingerprint density at radius 2 is 2.06 bits per heavy atom. The molecule has 2 heterocycles. The van der Waals surface area contributed by atoms with Crippen molar-refractivity contribution in [2.75, 3.05) is 40.3 Å². The van der Waals surface area contributed by atoms with Crippen LogP contribution in [-0.4, -0.2) is 67.4 Å². The van der Waals surface area contributed by atoms with Crippen LogP contribution in [-0.2, 0) is 6.42 Å². The minimum atomic E-state index is 0.623. The summed E-state index contributed by atoms with van der Waals surface area (Å²) in [5, 5.41) is 11.0. The van der Waals surface area contributed by atoms with Crippen molar-refractivity contribution in [3.05, 3.63) is 30.2 Å². The second-order valence-electron chi connectivity index (χ2n) is 7.86. The number of benzene rings is 1. The van der Waals surface area contributed by atoms with Gasteiger partial charge in [0.1, 0.15) is 5.75 Å². The Balaban J connectivity index is 1.30. The molecule has 1 aromatic carbocycles. The summed E-state index contributed by atoms with van der Waals surface area (Å²) in [5.74, 6) is 3.02. The lowest BCUT2D eigenvalue weighted by atomic mass is 10.2. The van der Waals surface area contributed by atoms with E-state index in [-0.39, 0.29) is 0 Å². The van der Waals surface area contributed by atoms with Gasteiger partial charge in [0.2, 0.25) is 11.7 Å². The Bertz CT molecular complexity index is 805. The minimum absolute atomic E-state index is 0.623. The van der Waals surface area contributed by atoms with Crippen LogP contribution in [0.5, 0.6) is 5.75 Å². The summed E-state index contributed by atoms with van der Waals surface area (Å²) < 4.78 is 10.6. The van der Waals surface area contributed by atoms with Crippen LogP contribution in [0.25, 0.3) is 11.4 Å². The standard InChI is InChI=1S/C23H36N6O2/c1-4-29-16-8-9-19(29)17-26-23(24-2)25-15-7-5-6-10-21-27-22(28-31-21)18-11-13-20(30-3)14-12-18/h11-14,19H,4-10,15-17H2,1-3H3,(H2,24,25,26). The van der Waals surface area contributed by atoms with E-state index >= 15 is 0 Å². The highest BCUT2D eigenvalue weighted by Gasteiger charge is 2.22. The minimum Gasteiger partial charge on any atom is -0.497 e. The van der Waals surface area contributed by atoms with Gasteiger partial charge in [-0.05, 0) is 63.0 Å². The van der Waals surface area contributed by atoms with E-state index in [1.54, 1.807) is 7.11 Å². The van der Waals surface area contributed by atoms with Crippen LogP contribution in [0.2, 0.25) is 0 Å². The monoisotopic (exact) mass is 428 g/mol. The number of nitrogens with zero attached hydrogens (tertiary/aromatic N) is 4. The second-order valence-corrected chi connectivity index (χ2v) is 7.86. The third-order valence-corrected chi connectivity index (χ3v) is 5.81. The zero-order valence-electron chi connectivity index (χ0n) is 19.1. The van der Waals surface area contributed by atoms with Crippen molar-refractivity contribution in [2.45, 2.75) is 51.5 Å². The molecule has 1 saturated heterocycles. The summed E-state index contributed by atoms with van der Waals surface area (Å²) in [7, 11) is 3.48. The molecule has 0 radical (unpaired) electrons. The molecule has 1 aliphatic rings. The number of aromatic nitrogens is 2. The molecule has 31 heavy (non-hydrogen) atoms. The molecule has 3 rings (SSSR count). The van der Waals surface area contributed by atoms with Gasteiger partial charge < -0.3 is 19.9 Å². The SMILES string of the molecule is CCN1CCCC1CNC(=NC)NCCCCCc1nc(-c2ccc(OC)cc2)no1. The number of unbranched alkanes of at least 4 members (excludes halogenated alkanes) is 2. The zero-order chi connectivity index (χ0) is 21.9. The molecule has 2 N–H and O–H groups in total. The first kappa shape index (κ1) is 23.1. The first-order valence-corrected chi connectivity index (χ1v) is 11.4. The summed E-state index contributed by atoms with van der Waals surface area (Å²) in [6.45, 7) is 6.44. The summed E-state index contributed by atoms with van der Waals surface area (Å²) in [5.41, 5.74) is 0.929. The fourth-order valence-corrected chi connectivity index (χ4v) is 3.98. The average molecular weight is 429 g/mol. The topological polar surface area (TPSA) is 87.8 Å². The number of methoxy groups -OCH3 is 1. The number of aryl methyl sites for hydroxylation is 1. The highest BCUT2D eigenvalue weighted by atomic mass is 16.5. The molecule has 1 atom stereocenters. The first-order valence-electron chi connectivity index (χ1n) is 11.4. The van der Waals surface area contributed by atoms with Crippen molar-refractivity contribution >= 4 is 5.96 Å². The third-order valence-electron chi connectivity index (χ3n) is 5.81. The van der Waals surface area contributed by atoms with Gasteiger partial charge >= 0.3 is 0 Å². The van der Waals surface area contributed by atoms with Crippen molar-refractivity contribution in [2.24, 2.45) is 4.99 Å². The maximum atomic E-state index is 5.40. The molecule has 1 aromatic heterocycles. The van der Waals surface area contributed by atoms with Gasteiger partial charge in [0.15, 0.2) is 5.96 Å². The van der Waals surface area contributed by atoms with Crippen LogP contribution in [0.3, 0.4) is 0 Å². The van der Waals surface area contributed by atoms with Crippen molar-refractivity contribution in [1.29, 1.82) is 0 Å². The number of likely N-dealkylation sites (N-methyl/N-ethyl adjacent to an activating group) is 1. The molecule has 8 nitrogen and oxygen atoms in total. The number of likely N-dealkylation sites (tertiary alicyclic amines) is 1. The summed E-state index contributed by atoms with van der Waals surface area (Å²) >= 11 is 0. The first-order chi connectivity index (χ1) is 15.2. The summed E-state index contributed by atoms with van der Waals surface area (Å²) in [4.78, 5) is 11.4. The van der Waals surface area contributed by atoms with Gasteiger partial charge in [-0.25, -0.2) is 0 Å². The van der Waals surface area contributed by atoms with Crippen LogP contribution in [0, 0.1) is 0 Å². The van der Waals surface area contributed by atoms with Gasteiger partial charge in [-0.3, -0.25) is 9.89 Å². The Hall–Kier alpha value is -2.61. The maximum absolute atomic E-state index is 5.40. The molecule has 0 saturated carbocycles. The number of hydrogen-bond donors (Lipinski definition) is 2. The van der Waals surface area contributed by atoms with E-state index in [0.29, 0.717) is 17.8 Å². The van der Waals surface area contributed by atoms with Crippen LogP contribution in [0.4, 0.5) is 0 Å². The fourth-order valence-electron chi connectivity index (χ4n) is 3.98. The normalized spacial score (nSPS) is 17.1. The van der Waals surface area contributed by atoms with Gasteiger partial charge in [-0.1, -0.05) is 18.5 Å². The van der Waals surface area contributed by atoms with Gasteiger partial charge in [-0.2, -0.15) is 4.98 Å². The lowest BCUT2D eigenvalue weighted by Crippen LogP contribution is -2.45. The van der Waals surface area contributed by atoms with Crippen molar-refractivity contribution in [3.63, 3.8) is 0 Å². The molecule has 8 heteroatoms. The van der Waals surface area contributed by atoms with Crippen LogP contribution in [0.15, 0.2) is 33.8 Å². The van der Waals surface area contributed by atoms with Gasteiger partial charge in [0.25, 0.3) is 0 Å². The van der Waals surface area contributed by atoms with Gasteiger partial charge in [0, 0.05) is 38.2 Å². The lowest BCUT2D eigenvalue weighted by molar-refractivity contribution is 0.267.